The summed E-state index contributed by atoms with van der Waals surface area (Å²) in [7, 11) is 1.80. The van der Waals surface area contributed by atoms with Crippen LogP contribution in [0.4, 0.5) is 0 Å². The molecule has 1 N–H and O–H groups in total. The molecule has 2 heterocycles. The first-order valence-corrected chi connectivity index (χ1v) is 7.08. The summed E-state index contributed by atoms with van der Waals surface area (Å²) < 4.78 is 4.97. The minimum Gasteiger partial charge on any atom is -0.349 e. The molecule has 1 aliphatic heterocycles. The van der Waals surface area contributed by atoms with Crippen LogP contribution in [0.1, 0.15) is 22.8 Å². The van der Waals surface area contributed by atoms with Crippen molar-refractivity contribution in [3.8, 4) is 0 Å². The van der Waals surface area contributed by atoms with Crippen LogP contribution in [0.15, 0.2) is 33.8 Å². The van der Waals surface area contributed by atoms with Gasteiger partial charge in [-0.1, -0.05) is 29.4 Å². The number of benzene rings is 1. The second-order valence-electron chi connectivity index (χ2n) is 5.07. The van der Waals surface area contributed by atoms with E-state index in [2.05, 4.69) is 49.6 Å². The minimum absolute atomic E-state index is 0.516. The highest BCUT2D eigenvalue weighted by atomic mass is 16.5. The van der Waals surface area contributed by atoms with Crippen molar-refractivity contribution in [3.05, 3.63) is 47.1 Å². The molecule has 3 rings (SSSR count). The largest absolute Gasteiger partial charge is 0.349 e. The predicted molar refractivity (Wildman–Crippen MR) is 79.8 cm³/mol. The van der Waals surface area contributed by atoms with E-state index in [0.717, 1.165) is 25.5 Å². The van der Waals surface area contributed by atoms with Gasteiger partial charge < -0.3 is 14.7 Å². The predicted octanol–water partition coefficient (Wildman–Crippen LogP) is 1.51. The maximum absolute atomic E-state index is 4.97. The topological polar surface area (TPSA) is 66.5 Å². The van der Waals surface area contributed by atoms with E-state index in [1.54, 1.807) is 14.0 Å². The first-order valence-electron chi connectivity index (χ1n) is 7.08. The first-order chi connectivity index (χ1) is 10.3. The lowest BCUT2D eigenvalue weighted by Gasteiger charge is -2.31. The van der Waals surface area contributed by atoms with Gasteiger partial charge in [-0.3, -0.25) is 4.99 Å². The van der Waals surface area contributed by atoms with Crippen molar-refractivity contribution in [2.24, 2.45) is 4.99 Å². The summed E-state index contributed by atoms with van der Waals surface area (Å²) in [5.41, 5.74) is 2.79. The number of hydrogen-bond donors (Lipinski definition) is 1. The Bertz CT molecular complexity index is 649. The monoisotopic (exact) mass is 285 g/mol. The Labute approximate surface area is 123 Å². The number of guanidine groups is 1. The molecule has 0 unspecified atom stereocenters. The number of aryl methyl sites for hydroxylation is 1. The highest BCUT2D eigenvalue weighted by molar-refractivity contribution is 5.80. The van der Waals surface area contributed by atoms with Gasteiger partial charge in [0.1, 0.15) is 0 Å². The van der Waals surface area contributed by atoms with Gasteiger partial charge in [-0.25, -0.2) is 0 Å². The van der Waals surface area contributed by atoms with Crippen LogP contribution in [0.3, 0.4) is 0 Å². The molecule has 6 nitrogen and oxygen atoms in total. The highest BCUT2D eigenvalue weighted by Gasteiger charge is 2.18. The van der Waals surface area contributed by atoms with E-state index in [4.69, 9.17) is 4.52 Å². The standard InChI is InChI=1S/C15H19N5O/c1-11-18-14(19-21-11)9-17-15(16-2)20-8-7-12-5-3-4-6-13(12)10-20/h3-6H,7-10H2,1-2H3,(H,16,17). The molecule has 110 valence electrons. The molecule has 2 aromatic rings. The summed E-state index contributed by atoms with van der Waals surface area (Å²) in [6.45, 7) is 4.14. The van der Waals surface area contributed by atoms with Crippen LogP contribution < -0.4 is 5.32 Å². The van der Waals surface area contributed by atoms with Crippen molar-refractivity contribution in [2.75, 3.05) is 13.6 Å². The van der Waals surface area contributed by atoms with Gasteiger partial charge in [-0.05, 0) is 17.5 Å². The molecule has 1 aromatic carbocycles. The molecule has 0 radical (unpaired) electrons. The van der Waals surface area contributed by atoms with Crippen molar-refractivity contribution in [1.29, 1.82) is 0 Å². The van der Waals surface area contributed by atoms with E-state index in [1.807, 2.05) is 0 Å². The Balaban J connectivity index is 1.65. The lowest BCUT2D eigenvalue weighted by Crippen LogP contribution is -2.43. The van der Waals surface area contributed by atoms with Crippen LogP contribution in [0.2, 0.25) is 0 Å². The summed E-state index contributed by atoms with van der Waals surface area (Å²) in [6, 6.07) is 8.56. The fourth-order valence-electron chi connectivity index (χ4n) is 2.58. The van der Waals surface area contributed by atoms with Crippen LogP contribution >= 0.6 is 0 Å². The molecule has 1 aliphatic rings. The van der Waals surface area contributed by atoms with Gasteiger partial charge in [-0.15, -0.1) is 0 Å². The van der Waals surface area contributed by atoms with Gasteiger partial charge in [0.05, 0.1) is 6.54 Å². The second kappa shape index (κ2) is 5.95. The van der Waals surface area contributed by atoms with Crippen LogP contribution in [-0.4, -0.2) is 34.6 Å². The van der Waals surface area contributed by atoms with Gasteiger partial charge >= 0.3 is 0 Å². The summed E-state index contributed by atoms with van der Waals surface area (Å²) >= 11 is 0. The number of fused-ring (bicyclic) bond motifs is 1. The highest BCUT2D eigenvalue weighted by Crippen LogP contribution is 2.18. The molecule has 6 heteroatoms. The van der Waals surface area contributed by atoms with E-state index in [0.29, 0.717) is 18.3 Å². The Morgan fingerprint density at radius 2 is 2.19 bits per heavy atom. The van der Waals surface area contributed by atoms with E-state index in [9.17, 15) is 0 Å². The van der Waals surface area contributed by atoms with Crippen LogP contribution in [0.5, 0.6) is 0 Å². The average Bonchev–Trinajstić information content (AvgIpc) is 2.93. The van der Waals surface area contributed by atoms with Gasteiger partial charge in [0.2, 0.25) is 5.89 Å². The molecule has 0 saturated heterocycles. The maximum Gasteiger partial charge on any atom is 0.223 e. The maximum atomic E-state index is 4.97. The van der Waals surface area contributed by atoms with Crippen LogP contribution in [-0.2, 0) is 19.5 Å². The third-order valence-corrected chi connectivity index (χ3v) is 3.62. The average molecular weight is 285 g/mol. The fraction of sp³-hybridized carbons (Fsp3) is 0.400. The molecule has 21 heavy (non-hydrogen) atoms. The molecule has 1 aromatic heterocycles. The zero-order valence-electron chi connectivity index (χ0n) is 12.3. The first kappa shape index (κ1) is 13.6. The third-order valence-electron chi connectivity index (χ3n) is 3.62. The normalized spacial score (nSPS) is 15.0. The molecule has 0 aliphatic carbocycles. The molecule has 0 atom stereocenters. The zero-order chi connectivity index (χ0) is 14.7. The van der Waals surface area contributed by atoms with Gasteiger partial charge in [0.15, 0.2) is 11.8 Å². The lowest BCUT2D eigenvalue weighted by molar-refractivity contribution is 0.373. The van der Waals surface area contributed by atoms with Crippen molar-refractivity contribution in [3.63, 3.8) is 0 Å². The Kier molecular flexibility index (Phi) is 3.85. The Morgan fingerprint density at radius 1 is 1.38 bits per heavy atom. The molecular formula is C15H19N5O. The zero-order valence-corrected chi connectivity index (χ0v) is 12.3. The smallest absolute Gasteiger partial charge is 0.223 e. The molecule has 0 fully saturated rings. The molecule has 0 bridgehead atoms. The summed E-state index contributed by atoms with van der Waals surface area (Å²) in [4.78, 5) is 10.8. The van der Waals surface area contributed by atoms with Crippen LogP contribution in [0, 0.1) is 6.92 Å². The van der Waals surface area contributed by atoms with E-state index in [-0.39, 0.29) is 0 Å². The number of aromatic nitrogens is 2. The third kappa shape index (κ3) is 3.04. The quantitative estimate of drug-likeness (QED) is 0.669. The van der Waals surface area contributed by atoms with Crippen LogP contribution in [0.25, 0.3) is 0 Å². The fourth-order valence-corrected chi connectivity index (χ4v) is 2.58. The lowest BCUT2D eigenvalue weighted by atomic mass is 10.0. The second-order valence-corrected chi connectivity index (χ2v) is 5.07. The van der Waals surface area contributed by atoms with Gasteiger partial charge in [0.25, 0.3) is 0 Å². The number of hydrogen-bond acceptors (Lipinski definition) is 4. The van der Waals surface area contributed by atoms with E-state index < -0.39 is 0 Å². The number of nitrogens with zero attached hydrogens (tertiary/aromatic N) is 4. The van der Waals surface area contributed by atoms with Gasteiger partial charge in [0, 0.05) is 27.1 Å². The van der Waals surface area contributed by atoms with Crippen molar-refractivity contribution >= 4 is 5.96 Å². The molecule has 0 saturated carbocycles. The Morgan fingerprint density at radius 3 is 2.90 bits per heavy atom. The minimum atomic E-state index is 0.516. The molecule has 0 spiro atoms. The Hall–Kier alpha value is -2.37. The summed E-state index contributed by atoms with van der Waals surface area (Å²) in [6.07, 6.45) is 1.04. The summed E-state index contributed by atoms with van der Waals surface area (Å²) in [5, 5.41) is 7.17. The molecule has 0 amide bonds. The SMILES string of the molecule is CN=C(NCc1noc(C)n1)N1CCc2ccccc2C1. The summed E-state index contributed by atoms with van der Waals surface area (Å²) in [5.74, 6) is 2.09. The number of aliphatic imine (C=N–C) groups is 1. The molecular weight excluding hydrogens is 266 g/mol. The van der Waals surface area contributed by atoms with Crippen molar-refractivity contribution in [2.45, 2.75) is 26.4 Å². The van der Waals surface area contributed by atoms with Crippen molar-refractivity contribution < 1.29 is 4.52 Å². The van der Waals surface area contributed by atoms with Gasteiger partial charge in [-0.2, -0.15) is 4.98 Å². The van der Waals surface area contributed by atoms with E-state index in [1.165, 1.54) is 11.1 Å². The van der Waals surface area contributed by atoms with E-state index >= 15 is 0 Å². The van der Waals surface area contributed by atoms with Crippen molar-refractivity contribution in [1.82, 2.24) is 20.4 Å². The number of rotatable bonds is 2. The number of nitrogens with one attached hydrogen (secondary N) is 1.